The third kappa shape index (κ3) is 2.18. The number of aromatic nitrogens is 3. The molecule has 1 aromatic carbocycles. The van der Waals surface area contributed by atoms with Gasteiger partial charge in [-0.25, -0.2) is 4.39 Å². The minimum Gasteiger partial charge on any atom is -0.355 e. The van der Waals surface area contributed by atoms with E-state index < -0.39 is 5.82 Å². The first kappa shape index (κ1) is 12.8. The number of benzene rings is 1. The van der Waals surface area contributed by atoms with E-state index in [1.807, 2.05) is 18.4 Å². The van der Waals surface area contributed by atoms with E-state index in [0.717, 1.165) is 6.54 Å². The third-order valence-corrected chi connectivity index (χ3v) is 2.89. The van der Waals surface area contributed by atoms with Crippen LogP contribution in [0.2, 0.25) is 5.02 Å². The van der Waals surface area contributed by atoms with Crippen LogP contribution in [0.5, 0.6) is 0 Å². The first-order valence-corrected chi connectivity index (χ1v) is 6.18. The molecule has 96 valence electrons. The van der Waals surface area contributed by atoms with Gasteiger partial charge in [-0.3, -0.25) is 4.57 Å². The van der Waals surface area contributed by atoms with E-state index >= 15 is 0 Å². The highest BCUT2D eigenvalue weighted by molar-refractivity contribution is 6.31. The van der Waals surface area contributed by atoms with Crippen molar-refractivity contribution in [3.8, 4) is 11.4 Å². The fourth-order valence-corrected chi connectivity index (χ4v) is 1.94. The van der Waals surface area contributed by atoms with Crippen LogP contribution in [0.25, 0.3) is 11.4 Å². The summed E-state index contributed by atoms with van der Waals surface area (Å²) in [5.74, 6) is 0.646. The Morgan fingerprint density at radius 1 is 1.33 bits per heavy atom. The molecule has 0 unspecified atom stereocenters. The van der Waals surface area contributed by atoms with Gasteiger partial charge in [-0.2, -0.15) is 0 Å². The highest BCUT2D eigenvalue weighted by Crippen LogP contribution is 2.27. The predicted octanol–water partition coefficient (Wildman–Crippen LogP) is 3.19. The van der Waals surface area contributed by atoms with Gasteiger partial charge in [0.1, 0.15) is 0 Å². The fraction of sp³-hybridized carbons (Fsp3) is 0.333. The number of nitrogens with one attached hydrogen (secondary N) is 1. The Morgan fingerprint density at radius 3 is 2.78 bits per heavy atom. The second-order valence-corrected chi connectivity index (χ2v) is 4.13. The molecule has 0 aliphatic heterocycles. The first-order chi connectivity index (χ1) is 8.69. The smallest absolute Gasteiger partial charge is 0.224 e. The Hall–Kier alpha value is -1.62. The van der Waals surface area contributed by atoms with Gasteiger partial charge in [0.2, 0.25) is 5.95 Å². The molecule has 0 radical (unpaired) electrons. The molecule has 0 aliphatic rings. The summed E-state index contributed by atoms with van der Waals surface area (Å²) < 4.78 is 15.8. The molecule has 2 rings (SSSR count). The molecule has 1 heterocycles. The molecule has 0 bridgehead atoms. The summed E-state index contributed by atoms with van der Waals surface area (Å²) in [6.07, 6.45) is 0. The van der Waals surface area contributed by atoms with Crippen molar-refractivity contribution in [2.75, 3.05) is 11.9 Å². The molecule has 0 amide bonds. The van der Waals surface area contributed by atoms with Gasteiger partial charge in [0.15, 0.2) is 11.6 Å². The van der Waals surface area contributed by atoms with Crippen molar-refractivity contribution in [1.29, 1.82) is 0 Å². The van der Waals surface area contributed by atoms with Gasteiger partial charge >= 0.3 is 0 Å². The van der Waals surface area contributed by atoms with E-state index in [1.54, 1.807) is 12.1 Å². The summed E-state index contributed by atoms with van der Waals surface area (Å²) in [5.41, 5.74) is 0.362. The van der Waals surface area contributed by atoms with Crippen molar-refractivity contribution in [3.05, 3.63) is 29.0 Å². The lowest BCUT2D eigenvalue weighted by molar-refractivity contribution is 0.628. The summed E-state index contributed by atoms with van der Waals surface area (Å²) in [7, 11) is 0. The zero-order valence-corrected chi connectivity index (χ0v) is 11.0. The summed E-state index contributed by atoms with van der Waals surface area (Å²) in [5, 5.41) is 11.2. The molecule has 0 fully saturated rings. The lowest BCUT2D eigenvalue weighted by Gasteiger charge is -2.08. The van der Waals surface area contributed by atoms with Crippen molar-refractivity contribution in [2.24, 2.45) is 0 Å². The van der Waals surface area contributed by atoms with Gasteiger partial charge in [-0.05, 0) is 26.0 Å². The van der Waals surface area contributed by atoms with Crippen LogP contribution >= 0.6 is 11.6 Å². The molecule has 1 aromatic heterocycles. The third-order valence-electron chi connectivity index (χ3n) is 2.59. The second kappa shape index (κ2) is 5.35. The van der Waals surface area contributed by atoms with Gasteiger partial charge in [-0.15, -0.1) is 10.2 Å². The second-order valence-electron chi connectivity index (χ2n) is 3.72. The Morgan fingerprint density at radius 2 is 2.11 bits per heavy atom. The number of rotatable bonds is 4. The monoisotopic (exact) mass is 268 g/mol. The van der Waals surface area contributed by atoms with Gasteiger partial charge in [0.25, 0.3) is 0 Å². The summed E-state index contributed by atoms with van der Waals surface area (Å²) >= 11 is 5.78. The predicted molar refractivity (Wildman–Crippen MR) is 70.3 cm³/mol. The van der Waals surface area contributed by atoms with Gasteiger partial charge in [0.05, 0.1) is 10.6 Å². The van der Waals surface area contributed by atoms with E-state index in [2.05, 4.69) is 15.5 Å². The lowest BCUT2D eigenvalue weighted by Crippen LogP contribution is -2.07. The largest absolute Gasteiger partial charge is 0.355 e. The highest BCUT2D eigenvalue weighted by atomic mass is 35.5. The number of halogens is 2. The number of hydrogen-bond acceptors (Lipinski definition) is 3. The number of anilines is 1. The van der Waals surface area contributed by atoms with Crippen LogP contribution in [0.3, 0.4) is 0 Å². The van der Waals surface area contributed by atoms with Crippen LogP contribution in [0.1, 0.15) is 13.8 Å². The Balaban J connectivity index is 2.53. The molecular formula is C12H14ClFN4. The fourth-order valence-electron chi connectivity index (χ4n) is 1.77. The minimum atomic E-state index is -0.468. The minimum absolute atomic E-state index is 0.0863. The maximum absolute atomic E-state index is 14.0. The molecule has 2 aromatic rings. The Kier molecular flexibility index (Phi) is 3.81. The van der Waals surface area contributed by atoms with Crippen LogP contribution in [-0.2, 0) is 6.54 Å². The summed E-state index contributed by atoms with van der Waals surface area (Å²) in [6, 6.07) is 4.85. The molecule has 1 N–H and O–H groups in total. The van der Waals surface area contributed by atoms with Crippen LogP contribution in [-0.4, -0.2) is 21.3 Å². The number of nitrogens with zero attached hydrogens (tertiary/aromatic N) is 3. The molecule has 18 heavy (non-hydrogen) atoms. The number of hydrogen-bond donors (Lipinski definition) is 1. The lowest BCUT2D eigenvalue weighted by atomic mass is 10.2. The Bertz CT molecular complexity index is 553. The van der Waals surface area contributed by atoms with Gasteiger partial charge in [-0.1, -0.05) is 17.7 Å². The van der Waals surface area contributed by atoms with E-state index in [-0.39, 0.29) is 5.02 Å². The molecule has 0 aliphatic carbocycles. The molecule has 0 saturated heterocycles. The summed E-state index contributed by atoms with van der Waals surface area (Å²) in [6.45, 7) is 5.30. The van der Waals surface area contributed by atoms with Gasteiger partial charge < -0.3 is 5.32 Å². The SMILES string of the molecule is CCNc1nnc(-c2cccc(Cl)c2F)n1CC. The standard InChI is InChI=1S/C12H14ClFN4/c1-3-15-12-17-16-11(18(12)4-2)8-6-5-7-9(13)10(8)14/h5-7H,3-4H2,1-2H3,(H,15,17). The normalized spacial score (nSPS) is 10.7. The molecule has 6 heteroatoms. The molecular weight excluding hydrogens is 255 g/mol. The zero-order chi connectivity index (χ0) is 13.1. The van der Waals surface area contributed by atoms with Crippen molar-refractivity contribution < 1.29 is 4.39 Å². The molecule has 0 spiro atoms. The topological polar surface area (TPSA) is 42.7 Å². The highest BCUT2D eigenvalue weighted by Gasteiger charge is 2.16. The van der Waals surface area contributed by atoms with Crippen molar-refractivity contribution in [3.63, 3.8) is 0 Å². The van der Waals surface area contributed by atoms with E-state index in [4.69, 9.17) is 11.6 Å². The average molecular weight is 269 g/mol. The maximum atomic E-state index is 14.0. The molecule has 4 nitrogen and oxygen atoms in total. The van der Waals surface area contributed by atoms with E-state index in [0.29, 0.717) is 23.9 Å². The quantitative estimate of drug-likeness (QED) is 0.926. The first-order valence-electron chi connectivity index (χ1n) is 5.80. The van der Waals surface area contributed by atoms with Crippen LogP contribution in [0.15, 0.2) is 18.2 Å². The average Bonchev–Trinajstić information content (AvgIpc) is 2.76. The van der Waals surface area contributed by atoms with Gasteiger partial charge in [0, 0.05) is 13.1 Å². The van der Waals surface area contributed by atoms with E-state index in [1.165, 1.54) is 6.07 Å². The van der Waals surface area contributed by atoms with Crippen LogP contribution in [0.4, 0.5) is 10.3 Å². The molecule has 0 atom stereocenters. The maximum Gasteiger partial charge on any atom is 0.224 e. The van der Waals surface area contributed by atoms with Crippen LogP contribution < -0.4 is 5.32 Å². The van der Waals surface area contributed by atoms with Crippen molar-refractivity contribution >= 4 is 17.5 Å². The van der Waals surface area contributed by atoms with Crippen molar-refractivity contribution in [2.45, 2.75) is 20.4 Å². The molecule has 0 saturated carbocycles. The van der Waals surface area contributed by atoms with E-state index in [9.17, 15) is 4.39 Å². The van der Waals surface area contributed by atoms with Crippen molar-refractivity contribution in [1.82, 2.24) is 14.8 Å². The zero-order valence-electron chi connectivity index (χ0n) is 10.2. The summed E-state index contributed by atoms with van der Waals surface area (Å²) in [4.78, 5) is 0. The van der Waals surface area contributed by atoms with Crippen LogP contribution in [0, 0.1) is 5.82 Å². The Labute approximate surface area is 110 Å².